The molecular formula is C22H32N2O3S. The molecule has 0 aliphatic heterocycles. The fourth-order valence-corrected chi connectivity index (χ4v) is 7.70. The highest BCUT2D eigenvalue weighted by molar-refractivity contribution is 7.89. The van der Waals surface area contributed by atoms with Crippen LogP contribution in [0.2, 0.25) is 0 Å². The topological polar surface area (TPSA) is 75.3 Å². The Bertz CT molecular complexity index is 842. The lowest BCUT2D eigenvalue weighted by Gasteiger charge is -2.59. The predicted octanol–water partition coefficient (Wildman–Crippen LogP) is 3.30. The average Bonchev–Trinajstić information content (AvgIpc) is 2.61. The van der Waals surface area contributed by atoms with E-state index in [4.69, 9.17) is 0 Å². The Labute approximate surface area is 168 Å². The minimum atomic E-state index is -3.70. The van der Waals surface area contributed by atoms with Gasteiger partial charge in [0.2, 0.25) is 15.9 Å². The van der Waals surface area contributed by atoms with Crippen LogP contribution in [0.5, 0.6) is 0 Å². The summed E-state index contributed by atoms with van der Waals surface area (Å²) in [5.74, 6) is 2.24. The molecule has 5 nitrogen and oxygen atoms in total. The van der Waals surface area contributed by atoms with Gasteiger partial charge in [-0.15, -0.1) is 0 Å². The highest BCUT2D eigenvalue weighted by Gasteiger charge is 2.53. The number of hydrogen-bond acceptors (Lipinski definition) is 3. The highest BCUT2D eigenvalue weighted by atomic mass is 32.2. The van der Waals surface area contributed by atoms with Gasteiger partial charge < -0.3 is 5.32 Å². The van der Waals surface area contributed by atoms with Crippen molar-refractivity contribution in [2.45, 2.75) is 70.2 Å². The van der Waals surface area contributed by atoms with Crippen molar-refractivity contribution in [3.63, 3.8) is 0 Å². The summed E-state index contributed by atoms with van der Waals surface area (Å²) in [5, 5.41) is 3.12. The van der Waals surface area contributed by atoms with E-state index in [9.17, 15) is 13.2 Å². The van der Waals surface area contributed by atoms with Crippen LogP contribution in [0.4, 0.5) is 0 Å². The molecule has 5 rings (SSSR count). The molecule has 0 radical (unpaired) electrons. The molecule has 1 atom stereocenters. The minimum Gasteiger partial charge on any atom is -0.352 e. The zero-order valence-corrected chi connectivity index (χ0v) is 17.9. The predicted molar refractivity (Wildman–Crippen MR) is 109 cm³/mol. The van der Waals surface area contributed by atoms with E-state index in [0.717, 1.165) is 23.3 Å². The third-order valence-corrected chi connectivity index (χ3v) is 8.98. The van der Waals surface area contributed by atoms with Gasteiger partial charge in [-0.1, -0.05) is 12.1 Å². The molecule has 0 heterocycles. The number of aryl methyl sites for hydroxylation is 2. The van der Waals surface area contributed by atoms with Gasteiger partial charge in [0.25, 0.3) is 0 Å². The molecule has 4 fully saturated rings. The van der Waals surface area contributed by atoms with Gasteiger partial charge in [0, 0.05) is 6.04 Å². The van der Waals surface area contributed by atoms with Crippen LogP contribution in [0.15, 0.2) is 23.1 Å². The second-order valence-corrected chi connectivity index (χ2v) is 11.4. The summed E-state index contributed by atoms with van der Waals surface area (Å²) in [6, 6.07) is 5.42. The van der Waals surface area contributed by atoms with E-state index in [0.29, 0.717) is 5.56 Å². The van der Waals surface area contributed by atoms with Crippen LogP contribution in [0.1, 0.15) is 56.6 Å². The number of amides is 1. The molecule has 1 aromatic carbocycles. The van der Waals surface area contributed by atoms with E-state index in [2.05, 4.69) is 17.0 Å². The third kappa shape index (κ3) is 3.73. The molecule has 4 bridgehead atoms. The van der Waals surface area contributed by atoms with E-state index in [1.165, 1.54) is 38.5 Å². The fraction of sp³-hybridized carbons (Fsp3) is 0.682. The first-order valence-corrected chi connectivity index (χ1v) is 12.0. The number of sulfonamides is 1. The zero-order valence-electron chi connectivity index (χ0n) is 17.1. The molecule has 1 aromatic rings. The summed E-state index contributed by atoms with van der Waals surface area (Å²) in [6.07, 6.45) is 7.76. The summed E-state index contributed by atoms with van der Waals surface area (Å²) in [7, 11) is -3.70. The Kier molecular flexibility index (Phi) is 5.07. The third-order valence-electron chi connectivity index (χ3n) is 7.44. The number of benzene rings is 1. The van der Waals surface area contributed by atoms with Crippen molar-refractivity contribution < 1.29 is 13.2 Å². The Balaban J connectivity index is 1.37. The van der Waals surface area contributed by atoms with Gasteiger partial charge in [-0.3, -0.25) is 4.79 Å². The summed E-state index contributed by atoms with van der Waals surface area (Å²) < 4.78 is 27.7. The smallest absolute Gasteiger partial charge is 0.241 e. The molecular weight excluding hydrogens is 372 g/mol. The molecule has 0 aromatic heterocycles. The maximum atomic E-state index is 12.6. The van der Waals surface area contributed by atoms with Crippen LogP contribution in [-0.4, -0.2) is 26.9 Å². The molecule has 0 unspecified atom stereocenters. The Morgan fingerprint density at radius 3 is 2.25 bits per heavy atom. The molecule has 1 amide bonds. The molecule has 154 valence electrons. The molecule has 4 aliphatic rings. The highest BCUT2D eigenvalue weighted by Crippen LogP contribution is 2.61. The second-order valence-electron chi connectivity index (χ2n) is 9.66. The molecule has 0 spiro atoms. The second kappa shape index (κ2) is 7.13. The quantitative estimate of drug-likeness (QED) is 0.764. The zero-order chi connectivity index (χ0) is 20.1. The van der Waals surface area contributed by atoms with E-state index in [1.54, 1.807) is 19.1 Å². The number of rotatable bonds is 6. The minimum absolute atomic E-state index is 0.0959. The Morgan fingerprint density at radius 2 is 1.68 bits per heavy atom. The lowest BCUT2D eigenvalue weighted by atomic mass is 9.48. The molecule has 6 heteroatoms. The van der Waals surface area contributed by atoms with Gasteiger partial charge in [0.05, 0.1) is 11.4 Å². The van der Waals surface area contributed by atoms with Crippen molar-refractivity contribution >= 4 is 15.9 Å². The van der Waals surface area contributed by atoms with Crippen molar-refractivity contribution in [2.75, 3.05) is 6.54 Å². The average molecular weight is 405 g/mol. The van der Waals surface area contributed by atoms with Crippen molar-refractivity contribution in [2.24, 2.45) is 23.2 Å². The van der Waals surface area contributed by atoms with Gasteiger partial charge in [-0.2, -0.15) is 0 Å². The van der Waals surface area contributed by atoms with Crippen molar-refractivity contribution in [3.8, 4) is 0 Å². The standard InChI is InChI=1S/C22H32N2O3S/c1-14-4-5-15(2)20(6-14)28(26,27)23-13-21(25)24-16(3)22-10-17-7-18(11-22)9-19(8-17)12-22/h4-6,16-19,23H,7-13H2,1-3H3,(H,24,25)/t16-,17?,18?,19?,22?/m0/s1. The first-order chi connectivity index (χ1) is 13.2. The van der Waals surface area contributed by atoms with Crippen LogP contribution in [0, 0.1) is 37.0 Å². The maximum Gasteiger partial charge on any atom is 0.241 e. The number of carbonyl (C=O) groups is 1. The summed E-state index contributed by atoms with van der Waals surface area (Å²) in [4.78, 5) is 12.8. The van der Waals surface area contributed by atoms with Crippen LogP contribution in [-0.2, 0) is 14.8 Å². The van der Waals surface area contributed by atoms with Crippen molar-refractivity contribution in [1.82, 2.24) is 10.0 Å². The van der Waals surface area contributed by atoms with Gasteiger partial charge in [-0.25, -0.2) is 13.1 Å². The Morgan fingerprint density at radius 1 is 1.11 bits per heavy atom. The van der Waals surface area contributed by atoms with E-state index in [1.807, 2.05) is 13.0 Å². The van der Waals surface area contributed by atoms with E-state index in [-0.39, 0.29) is 28.8 Å². The number of nitrogens with one attached hydrogen (secondary N) is 2. The molecule has 0 saturated heterocycles. The summed E-state index contributed by atoms with van der Waals surface area (Å²) >= 11 is 0. The lowest BCUT2D eigenvalue weighted by Crippen LogP contribution is -2.56. The van der Waals surface area contributed by atoms with Gasteiger partial charge in [0.1, 0.15) is 0 Å². The first kappa shape index (κ1) is 19.9. The fourth-order valence-electron chi connectivity index (χ4n) is 6.39. The van der Waals surface area contributed by atoms with Crippen LogP contribution in [0.3, 0.4) is 0 Å². The summed E-state index contributed by atoms with van der Waals surface area (Å²) in [6.45, 7) is 5.53. The monoisotopic (exact) mass is 404 g/mol. The molecule has 4 saturated carbocycles. The van der Waals surface area contributed by atoms with E-state index < -0.39 is 10.0 Å². The summed E-state index contributed by atoms with van der Waals surface area (Å²) in [5.41, 5.74) is 1.78. The van der Waals surface area contributed by atoms with E-state index >= 15 is 0 Å². The van der Waals surface area contributed by atoms with Gasteiger partial charge in [-0.05, 0) is 99.7 Å². The first-order valence-electron chi connectivity index (χ1n) is 10.5. The molecule has 2 N–H and O–H groups in total. The lowest BCUT2D eigenvalue weighted by molar-refractivity contribution is -0.124. The largest absolute Gasteiger partial charge is 0.352 e. The number of carbonyl (C=O) groups excluding carboxylic acids is 1. The Hall–Kier alpha value is -1.40. The van der Waals surface area contributed by atoms with Crippen molar-refractivity contribution in [3.05, 3.63) is 29.3 Å². The van der Waals surface area contributed by atoms with Crippen molar-refractivity contribution in [1.29, 1.82) is 0 Å². The van der Waals surface area contributed by atoms with Crippen LogP contribution >= 0.6 is 0 Å². The molecule has 28 heavy (non-hydrogen) atoms. The number of hydrogen-bond donors (Lipinski definition) is 2. The molecule has 4 aliphatic carbocycles. The maximum absolute atomic E-state index is 12.6. The normalized spacial score (nSPS) is 32.3. The SMILES string of the molecule is Cc1ccc(C)c(S(=O)(=O)NCC(=O)N[C@@H](C)C23CC4CC(CC(C4)C2)C3)c1. The van der Waals surface area contributed by atoms with Crippen LogP contribution < -0.4 is 10.0 Å². The van der Waals surface area contributed by atoms with Gasteiger partial charge in [0.15, 0.2) is 0 Å². The van der Waals surface area contributed by atoms with Crippen LogP contribution in [0.25, 0.3) is 0 Å². The van der Waals surface area contributed by atoms with Gasteiger partial charge >= 0.3 is 0 Å².